The molecule has 1 amide bonds. The first-order valence-electron chi connectivity index (χ1n) is 6.52. The third kappa shape index (κ3) is 4.57. The summed E-state index contributed by atoms with van der Waals surface area (Å²) in [7, 11) is 1.30. The maximum absolute atomic E-state index is 12.0. The molecule has 0 bridgehead atoms. The molecule has 1 rings (SSSR count). The van der Waals surface area contributed by atoms with Crippen molar-refractivity contribution in [2.75, 3.05) is 26.8 Å². The second-order valence-corrected chi connectivity index (χ2v) is 4.54. The van der Waals surface area contributed by atoms with Gasteiger partial charge in [0.1, 0.15) is 12.3 Å². The number of hydrogen-bond acceptors (Lipinski definition) is 4. The highest BCUT2D eigenvalue weighted by Gasteiger charge is 2.16. The number of benzene rings is 1. The molecule has 0 atom stereocenters. The first-order valence-corrected chi connectivity index (χ1v) is 6.52. The molecule has 1 aromatic rings. The molecule has 0 spiro atoms. The van der Waals surface area contributed by atoms with Gasteiger partial charge in [0.2, 0.25) is 0 Å². The van der Waals surface area contributed by atoms with E-state index in [-0.39, 0.29) is 19.1 Å². The van der Waals surface area contributed by atoms with E-state index in [1.165, 1.54) is 12.0 Å². The number of rotatable bonds is 6. The molecule has 5 nitrogen and oxygen atoms in total. The van der Waals surface area contributed by atoms with E-state index in [0.29, 0.717) is 12.3 Å². The lowest BCUT2D eigenvalue weighted by atomic mass is 10.1. The van der Waals surface area contributed by atoms with Gasteiger partial charge in [-0.05, 0) is 38.0 Å². The van der Waals surface area contributed by atoms with Crippen LogP contribution >= 0.6 is 0 Å². The lowest BCUT2D eigenvalue weighted by molar-refractivity contribution is -0.147. The predicted octanol–water partition coefficient (Wildman–Crippen LogP) is 1.70. The molecule has 0 N–H and O–H groups in total. The normalized spacial score (nSPS) is 10.0. The van der Waals surface area contributed by atoms with Crippen LogP contribution in [0, 0.1) is 13.8 Å². The van der Waals surface area contributed by atoms with Crippen LogP contribution in [0.1, 0.15) is 18.1 Å². The van der Waals surface area contributed by atoms with Crippen molar-refractivity contribution in [3.63, 3.8) is 0 Å². The molecule has 0 saturated heterocycles. The van der Waals surface area contributed by atoms with Gasteiger partial charge in [-0.25, -0.2) is 0 Å². The average molecular weight is 279 g/mol. The molecule has 0 aliphatic carbocycles. The average Bonchev–Trinajstić information content (AvgIpc) is 2.44. The van der Waals surface area contributed by atoms with E-state index in [9.17, 15) is 9.59 Å². The molecule has 0 fully saturated rings. The largest absolute Gasteiger partial charge is 0.483 e. The van der Waals surface area contributed by atoms with E-state index in [4.69, 9.17) is 4.74 Å². The number of carbonyl (C=O) groups is 2. The molecule has 0 aliphatic heterocycles. The number of aryl methyl sites for hydroxylation is 2. The molecule has 0 aromatic heterocycles. The van der Waals surface area contributed by atoms with Crippen LogP contribution in [0.3, 0.4) is 0 Å². The summed E-state index contributed by atoms with van der Waals surface area (Å²) in [5.41, 5.74) is 2.04. The highest BCUT2D eigenvalue weighted by atomic mass is 16.5. The molecule has 1 aromatic carbocycles. The van der Waals surface area contributed by atoms with Crippen molar-refractivity contribution in [2.24, 2.45) is 0 Å². The van der Waals surface area contributed by atoms with E-state index < -0.39 is 5.97 Å². The fourth-order valence-electron chi connectivity index (χ4n) is 1.69. The van der Waals surface area contributed by atoms with E-state index >= 15 is 0 Å². The van der Waals surface area contributed by atoms with Crippen molar-refractivity contribution in [3.8, 4) is 5.75 Å². The summed E-state index contributed by atoms with van der Waals surface area (Å²) >= 11 is 0. The van der Waals surface area contributed by atoms with Gasteiger partial charge in [0.15, 0.2) is 6.61 Å². The lowest BCUT2D eigenvalue weighted by Gasteiger charge is -2.20. The molecular formula is C15H21NO4. The number of esters is 1. The highest BCUT2D eigenvalue weighted by Crippen LogP contribution is 2.19. The summed E-state index contributed by atoms with van der Waals surface area (Å²) in [6, 6.07) is 5.82. The molecule has 0 unspecified atom stereocenters. The van der Waals surface area contributed by atoms with E-state index in [1.54, 1.807) is 6.92 Å². The van der Waals surface area contributed by atoms with Crippen molar-refractivity contribution in [1.29, 1.82) is 0 Å². The first kappa shape index (κ1) is 16.0. The van der Waals surface area contributed by atoms with E-state index in [2.05, 4.69) is 4.74 Å². The number of carbonyl (C=O) groups excluding carboxylic acids is 2. The van der Waals surface area contributed by atoms with Crippen LogP contribution < -0.4 is 4.74 Å². The third-order valence-corrected chi connectivity index (χ3v) is 2.98. The van der Waals surface area contributed by atoms with E-state index in [1.807, 2.05) is 32.0 Å². The van der Waals surface area contributed by atoms with Gasteiger partial charge in [0.25, 0.3) is 5.91 Å². The summed E-state index contributed by atoms with van der Waals surface area (Å²) in [6.45, 7) is 5.98. The number of methoxy groups -OCH3 is 1. The molecule has 110 valence electrons. The molecule has 0 heterocycles. The molecule has 0 aliphatic rings. The molecule has 20 heavy (non-hydrogen) atoms. The Morgan fingerprint density at radius 3 is 2.55 bits per heavy atom. The van der Waals surface area contributed by atoms with Crippen molar-refractivity contribution < 1.29 is 19.1 Å². The van der Waals surface area contributed by atoms with Gasteiger partial charge in [0, 0.05) is 6.54 Å². The van der Waals surface area contributed by atoms with Crippen LogP contribution in [-0.2, 0) is 14.3 Å². The van der Waals surface area contributed by atoms with Crippen molar-refractivity contribution >= 4 is 11.9 Å². The van der Waals surface area contributed by atoms with E-state index in [0.717, 1.165) is 11.1 Å². The van der Waals surface area contributed by atoms with Crippen molar-refractivity contribution in [2.45, 2.75) is 20.8 Å². The maximum Gasteiger partial charge on any atom is 0.325 e. The predicted molar refractivity (Wildman–Crippen MR) is 75.7 cm³/mol. The first-order chi connectivity index (χ1) is 9.47. The lowest BCUT2D eigenvalue weighted by Crippen LogP contribution is -2.39. The Balaban J connectivity index is 2.61. The highest BCUT2D eigenvalue weighted by molar-refractivity contribution is 5.83. The van der Waals surface area contributed by atoms with Crippen molar-refractivity contribution in [3.05, 3.63) is 29.3 Å². The zero-order valence-electron chi connectivity index (χ0n) is 12.4. The summed E-state index contributed by atoms with van der Waals surface area (Å²) in [5.74, 6) is 0.0122. The number of nitrogens with zero attached hydrogens (tertiary/aromatic N) is 1. The summed E-state index contributed by atoms with van der Waals surface area (Å²) in [5, 5.41) is 0. The van der Waals surface area contributed by atoms with Gasteiger partial charge in [-0.15, -0.1) is 0 Å². The maximum atomic E-state index is 12.0. The van der Waals surface area contributed by atoms with Crippen LogP contribution in [0.2, 0.25) is 0 Å². The van der Waals surface area contributed by atoms with Gasteiger partial charge >= 0.3 is 5.97 Å². The standard InChI is InChI=1S/C15H21NO4/c1-5-16(9-15(18)19-4)14(17)10-20-13-8-11(2)6-7-12(13)3/h6-8H,5,9-10H2,1-4H3. The summed E-state index contributed by atoms with van der Waals surface area (Å²) in [4.78, 5) is 24.6. The minimum Gasteiger partial charge on any atom is -0.483 e. The second kappa shape index (κ2) is 7.53. The zero-order chi connectivity index (χ0) is 15.1. The topological polar surface area (TPSA) is 55.8 Å². The van der Waals surface area contributed by atoms with Crippen molar-refractivity contribution in [1.82, 2.24) is 4.90 Å². The fourth-order valence-corrected chi connectivity index (χ4v) is 1.69. The fraction of sp³-hybridized carbons (Fsp3) is 0.467. The van der Waals surface area contributed by atoms with Crippen LogP contribution in [0.25, 0.3) is 0 Å². The summed E-state index contributed by atoms with van der Waals surface area (Å²) < 4.78 is 10.1. The van der Waals surface area contributed by atoms with Gasteiger partial charge in [0.05, 0.1) is 7.11 Å². The molecular weight excluding hydrogens is 258 g/mol. The summed E-state index contributed by atoms with van der Waals surface area (Å²) in [6.07, 6.45) is 0. The molecule has 0 radical (unpaired) electrons. The molecule has 5 heteroatoms. The zero-order valence-corrected chi connectivity index (χ0v) is 12.4. The molecule has 0 saturated carbocycles. The Morgan fingerprint density at radius 2 is 1.95 bits per heavy atom. The number of hydrogen-bond donors (Lipinski definition) is 0. The smallest absolute Gasteiger partial charge is 0.325 e. The number of amides is 1. The van der Waals surface area contributed by atoms with Gasteiger partial charge in [-0.1, -0.05) is 12.1 Å². The SMILES string of the molecule is CCN(CC(=O)OC)C(=O)COc1cc(C)ccc1C. The monoisotopic (exact) mass is 279 g/mol. The van der Waals surface area contributed by atoms with Crippen LogP contribution in [0.15, 0.2) is 18.2 Å². The van der Waals surface area contributed by atoms with Crippen LogP contribution in [-0.4, -0.2) is 43.6 Å². The Bertz CT molecular complexity index is 485. The minimum atomic E-state index is -0.438. The number of ether oxygens (including phenoxy) is 2. The Hall–Kier alpha value is -2.04. The van der Waals surface area contributed by atoms with Gasteiger partial charge < -0.3 is 14.4 Å². The Morgan fingerprint density at radius 1 is 1.25 bits per heavy atom. The van der Waals surface area contributed by atoms with Crippen LogP contribution in [0.4, 0.5) is 0 Å². The van der Waals surface area contributed by atoms with Gasteiger partial charge in [-0.3, -0.25) is 9.59 Å². The number of likely N-dealkylation sites (N-methyl/N-ethyl adjacent to an activating group) is 1. The Kier molecular flexibility index (Phi) is 6.03. The second-order valence-electron chi connectivity index (χ2n) is 4.54. The third-order valence-electron chi connectivity index (χ3n) is 2.98. The van der Waals surface area contributed by atoms with Gasteiger partial charge in [-0.2, -0.15) is 0 Å². The quantitative estimate of drug-likeness (QED) is 0.744. The Labute approximate surface area is 119 Å². The van der Waals surface area contributed by atoms with Crippen LogP contribution in [0.5, 0.6) is 5.75 Å². The minimum absolute atomic E-state index is 0.0536.